The summed E-state index contributed by atoms with van der Waals surface area (Å²) in [5.74, 6) is 0.839. The number of carbonyl (C=O) groups is 1. The van der Waals surface area contributed by atoms with E-state index in [0.717, 1.165) is 28.0 Å². The number of nitrogens with one attached hydrogen (secondary N) is 1. The average Bonchev–Trinajstić information content (AvgIpc) is 3.09. The van der Waals surface area contributed by atoms with Gasteiger partial charge >= 0.3 is 0 Å². The monoisotopic (exact) mass is 348 g/mol. The Hall–Kier alpha value is -3.08. The molecule has 1 amide bonds. The van der Waals surface area contributed by atoms with Gasteiger partial charge in [-0.1, -0.05) is 18.2 Å². The third-order valence-electron chi connectivity index (χ3n) is 4.58. The van der Waals surface area contributed by atoms with E-state index in [9.17, 15) is 4.79 Å². The maximum absolute atomic E-state index is 12.5. The number of anilines is 1. The number of hydrogen-bond donors (Lipinski definition) is 1. The summed E-state index contributed by atoms with van der Waals surface area (Å²) >= 11 is 0. The highest BCUT2D eigenvalue weighted by molar-refractivity contribution is 5.92. The molecule has 0 radical (unpaired) electrons. The summed E-state index contributed by atoms with van der Waals surface area (Å²) in [7, 11) is 5.71. The second kappa shape index (κ2) is 7.44. The molecular formula is C21H24N4O. The summed E-state index contributed by atoms with van der Waals surface area (Å²) in [6.07, 6.45) is 5.15. The van der Waals surface area contributed by atoms with E-state index < -0.39 is 0 Å². The molecular weight excluding hydrogens is 324 g/mol. The molecule has 5 heteroatoms. The van der Waals surface area contributed by atoms with Crippen molar-refractivity contribution in [3.63, 3.8) is 0 Å². The summed E-state index contributed by atoms with van der Waals surface area (Å²) in [5.41, 5.74) is 3.00. The van der Waals surface area contributed by atoms with Gasteiger partial charge in [0.15, 0.2) is 0 Å². The first kappa shape index (κ1) is 17.7. The predicted molar refractivity (Wildman–Crippen MR) is 107 cm³/mol. The predicted octanol–water partition coefficient (Wildman–Crippen LogP) is 3.86. The van der Waals surface area contributed by atoms with Gasteiger partial charge in [-0.3, -0.25) is 4.79 Å². The molecule has 0 aliphatic heterocycles. The van der Waals surface area contributed by atoms with Crippen LogP contribution >= 0.6 is 0 Å². The van der Waals surface area contributed by atoms with E-state index in [-0.39, 0.29) is 11.9 Å². The average molecular weight is 348 g/mol. The Kier molecular flexibility index (Phi) is 5.07. The van der Waals surface area contributed by atoms with E-state index in [1.54, 1.807) is 23.2 Å². The van der Waals surface area contributed by atoms with Crippen LogP contribution in [0.2, 0.25) is 0 Å². The van der Waals surface area contributed by atoms with Gasteiger partial charge in [0.2, 0.25) is 5.91 Å². The highest BCUT2D eigenvalue weighted by Crippen LogP contribution is 2.23. The molecule has 1 unspecified atom stereocenters. The number of carbonyl (C=O) groups excluding carboxylic acids is 1. The fourth-order valence-corrected chi connectivity index (χ4v) is 2.77. The summed E-state index contributed by atoms with van der Waals surface area (Å²) in [6, 6.07) is 14.0. The Balaban J connectivity index is 1.70. The van der Waals surface area contributed by atoms with Crippen LogP contribution in [0.4, 0.5) is 5.82 Å². The van der Waals surface area contributed by atoms with E-state index in [1.165, 1.54) is 0 Å². The van der Waals surface area contributed by atoms with E-state index in [0.29, 0.717) is 0 Å². The Morgan fingerprint density at radius 3 is 2.58 bits per heavy atom. The molecule has 3 aromatic rings. The number of nitrogens with zero attached hydrogens (tertiary/aromatic N) is 3. The highest BCUT2D eigenvalue weighted by atomic mass is 16.2. The van der Waals surface area contributed by atoms with Crippen molar-refractivity contribution < 1.29 is 4.79 Å². The molecule has 1 N–H and O–H groups in total. The molecule has 0 bridgehead atoms. The number of aromatic amines is 1. The number of amides is 1. The molecule has 0 saturated heterocycles. The second-order valence-electron chi connectivity index (χ2n) is 6.61. The molecule has 1 aromatic carbocycles. The first-order chi connectivity index (χ1) is 12.5. The van der Waals surface area contributed by atoms with Crippen LogP contribution in [0.1, 0.15) is 24.2 Å². The van der Waals surface area contributed by atoms with Crippen LogP contribution in [-0.4, -0.2) is 41.9 Å². The number of likely N-dealkylation sites (N-methyl/N-ethyl adjacent to an activating group) is 1. The molecule has 0 aliphatic rings. The SMILES string of the molecule is CC(c1cc2ccccc2[nH]1)N(C)C(=O)C=Cc1ccc(N(C)C)nc1. The summed E-state index contributed by atoms with van der Waals surface area (Å²) in [6.45, 7) is 2.02. The van der Waals surface area contributed by atoms with Crippen LogP contribution in [-0.2, 0) is 4.79 Å². The number of aromatic nitrogens is 2. The van der Waals surface area contributed by atoms with Crippen LogP contribution in [0.3, 0.4) is 0 Å². The topological polar surface area (TPSA) is 52.2 Å². The zero-order valence-corrected chi connectivity index (χ0v) is 15.6. The quantitative estimate of drug-likeness (QED) is 0.712. The van der Waals surface area contributed by atoms with E-state index >= 15 is 0 Å². The second-order valence-corrected chi connectivity index (χ2v) is 6.61. The standard InChI is InChI=1S/C21H24N4O/c1-15(19-13-17-7-5-6-8-18(17)23-19)25(4)21(26)12-10-16-9-11-20(22-14-16)24(2)3/h5-15,23H,1-4H3. The van der Waals surface area contributed by atoms with Crippen LogP contribution < -0.4 is 4.90 Å². The lowest BCUT2D eigenvalue weighted by Gasteiger charge is -2.22. The van der Waals surface area contributed by atoms with Gasteiger partial charge < -0.3 is 14.8 Å². The van der Waals surface area contributed by atoms with Crippen molar-refractivity contribution in [1.29, 1.82) is 0 Å². The number of para-hydroxylation sites is 1. The minimum Gasteiger partial charge on any atom is -0.363 e. The Morgan fingerprint density at radius 2 is 1.92 bits per heavy atom. The Morgan fingerprint density at radius 1 is 1.15 bits per heavy atom. The summed E-state index contributed by atoms with van der Waals surface area (Å²) in [5, 5.41) is 1.15. The van der Waals surface area contributed by atoms with Gasteiger partial charge in [0.1, 0.15) is 5.82 Å². The summed E-state index contributed by atoms with van der Waals surface area (Å²) < 4.78 is 0. The van der Waals surface area contributed by atoms with Gasteiger partial charge in [0, 0.05) is 44.6 Å². The Labute approximate surface area is 154 Å². The third kappa shape index (κ3) is 3.77. The number of hydrogen-bond acceptors (Lipinski definition) is 3. The third-order valence-corrected chi connectivity index (χ3v) is 4.58. The van der Waals surface area contributed by atoms with E-state index in [2.05, 4.69) is 22.1 Å². The molecule has 26 heavy (non-hydrogen) atoms. The number of pyridine rings is 1. The van der Waals surface area contributed by atoms with Gasteiger partial charge in [-0.15, -0.1) is 0 Å². The molecule has 5 nitrogen and oxygen atoms in total. The van der Waals surface area contributed by atoms with Gasteiger partial charge in [-0.25, -0.2) is 4.98 Å². The molecule has 0 saturated carbocycles. The maximum atomic E-state index is 12.5. The molecule has 0 fully saturated rings. The molecule has 2 aromatic heterocycles. The Bertz CT molecular complexity index is 892. The number of benzene rings is 1. The van der Waals surface area contributed by atoms with Crippen molar-refractivity contribution in [1.82, 2.24) is 14.9 Å². The molecule has 0 aliphatic carbocycles. The van der Waals surface area contributed by atoms with E-state index in [4.69, 9.17) is 0 Å². The van der Waals surface area contributed by atoms with Crippen molar-refractivity contribution in [2.24, 2.45) is 0 Å². The smallest absolute Gasteiger partial charge is 0.246 e. The maximum Gasteiger partial charge on any atom is 0.246 e. The molecule has 3 rings (SSSR count). The van der Waals surface area contributed by atoms with Gasteiger partial charge in [0.05, 0.1) is 6.04 Å². The fraction of sp³-hybridized carbons (Fsp3) is 0.238. The largest absolute Gasteiger partial charge is 0.363 e. The van der Waals surface area contributed by atoms with E-state index in [1.807, 2.05) is 63.3 Å². The van der Waals surface area contributed by atoms with Gasteiger partial charge in [-0.05, 0) is 48.2 Å². The van der Waals surface area contributed by atoms with Crippen molar-refractivity contribution in [2.75, 3.05) is 26.0 Å². The molecule has 1 atom stereocenters. The van der Waals surface area contributed by atoms with Gasteiger partial charge in [0.25, 0.3) is 0 Å². The number of H-pyrrole nitrogens is 1. The van der Waals surface area contributed by atoms with Gasteiger partial charge in [-0.2, -0.15) is 0 Å². The summed E-state index contributed by atoms with van der Waals surface area (Å²) in [4.78, 5) is 23.9. The molecule has 0 spiro atoms. The highest BCUT2D eigenvalue weighted by Gasteiger charge is 2.17. The minimum atomic E-state index is -0.0483. The zero-order valence-electron chi connectivity index (χ0n) is 15.6. The lowest BCUT2D eigenvalue weighted by atomic mass is 10.2. The fourth-order valence-electron chi connectivity index (χ4n) is 2.77. The lowest BCUT2D eigenvalue weighted by molar-refractivity contribution is -0.126. The van der Waals surface area contributed by atoms with Crippen LogP contribution in [0.5, 0.6) is 0 Å². The van der Waals surface area contributed by atoms with Crippen molar-refractivity contribution in [3.05, 3.63) is 66.0 Å². The molecule has 134 valence electrons. The van der Waals surface area contributed by atoms with Crippen LogP contribution in [0.25, 0.3) is 17.0 Å². The van der Waals surface area contributed by atoms with Crippen molar-refractivity contribution >= 4 is 28.7 Å². The minimum absolute atomic E-state index is 0.0474. The lowest BCUT2D eigenvalue weighted by Crippen LogP contribution is -2.28. The molecule has 2 heterocycles. The first-order valence-electron chi connectivity index (χ1n) is 8.61. The van der Waals surface area contributed by atoms with Crippen LogP contribution in [0, 0.1) is 0 Å². The van der Waals surface area contributed by atoms with Crippen molar-refractivity contribution in [2.45, 2.75) is 13.0 Å². The number of rotatable bonds is 5. The first-order valence-corrected chi connectivity index (χ1v) is 8.61. The van der Waals surface area contributed by atoms with Crippen LogP contribution in [0.15, 0.2) is 54.7 Å². The zero-order chi connectivity index (χ0) is 18.7. The van der Waals surface area contributed by atoms with Crippen molar-refractivity contribution in [3.8, 4) is 0 Å². The normalized spacial score (nSPS) is 12.5. The number of fused-ring (bicyclic) bond motifs is 1.